The highest BCUT2D eigenvalue weighted by Gasteiger charge is 2.41. The first-order valence-corrected chi connectivity index (χ1v) is 9.67. The van der Waals surface area contributed by atoms with Gasteiger partial charge in [-0.15, -0.1) is 0 Å². The van der Waals surface area contributed by atoms with Gasteiger partial charge in [-0.2, -0.15) is 13.2 Å². The molecule has 1 saturated heterocycles. The fourth-order valence-electron chi connectivity index (χ4n) is 3.37. The van der Waals surface area contributed by atoms with Crippen LogP contribution in [0.5, 0.6) is 0 Å². The molecule has 1 fully saturated rings. The van der Waals surface area contributed by atoms with E-state index in [1.165, 1.54) is 11.8 Å². The second-order valence-corrected chi connectivity index (χ2v) is 7.08. The van der Waals surface area contributed by atoms with Gasteiger partial charge in [-0.25, -0.2) is 0 Å². The van der Waals surface area contributed by atoms with Gasteiger partial charge in [0.1, 0.15) is 6.04 Å². The third kappa shape index (κ3) is 5.98. The fourth-order valence-corrected chi connectivity index (χ4v) is 3.37. The van der Waals surface area contributed by atoms with Crippen LogP contribution in [-0.4, -0.2) is 72.3 Å². The van der Waals surface area contributed by atoms with Gasteiger partial charge in [0.05, 0.1) is 0 Å². The normalized spacial score (nSPS) is 17.6. The van der Waals surface area contributed by atoms with Crippen molar-refractivity contribution in [3.63, 3.8) is 0 Å². The lowest BCUT2D eigenvalue weighted by atomic mass is 10.2. The van der Waals surface area contributed by atoms with Crippen LogP contribution < -0.4 is 10.9 Å². The Balaban J connectivity index is 1.73. The summed E-state index contributed by atoms with van der Waals surface area (Å²) in [5, 5.41) is 3.28. The van der Waals surface area contributed by atoms with Crippen LogP contribution in [0.2, 0.25) is 0 Å². The van der Waals surface area contributed by atoms with Crippen molar-refractivity contribution in [3.8, 4) is 0 Å². The number of aromatic nitrogens is 1. The molecule has 0 saturated carbocycles. The van der Waals surface area contributed by atoms with Gasteiger partial charge >= 0.3 is 6.18 Å². The number of hydrogen-bond acceptors (Lipinski definition) is 3. The third-order valence-electron chi connectivity index (χ3n) is 5.21. The molecular formula is C19H30F3N5O. The molecule has 2 heterocycles. The Kier molecular flexibility index (Phi) is 7.91. The molecule has 158 valence electrons. The van der Waals surface area contributed by atoms with Gasteiger partial charge in [0.2, 0.25) is 0 Å². The zero-order valence-electron chi connectivity index (χ0n) is 16.8. The monoisotopic (exact) mass is 401 g/mol. The number of guanidine groups is 1. The number of halogens is 3. The van der Waals surface area contributed by atoms with Crippen molar-refractivity contribution < 1.29 is 13.2 Å². The zero-order chi connectivity index (χ0) is 20.7. The highest BCUT2D eigenvalue weighted by atomic mass is 19.4. The van der Waals surface area contributed by atoms with Gasteiger partial charge in [0.25, 0.3) is 5.56 Å². The molecule has 1 N–H and O–H groups in total. The Morgan fingerprint density at radius 1 is 1.21 bits per heavy atom. The summed E-state index contributed by atoms with van der Waals surface area (Å²) in [6.45, 7) is 6.24. The maximum Gasteiger partial charge on any atom is 0.403 e. The van der Waals surface area contributed by atoms with Crippen LogP contribution in [0.1, 0.15) is 25.5 Å². The number of piperazine rings is 1. The number of rotatable bonds is 6. The lowest BCUT2D eigenvalue weighted by Crippen LogP contribution is -2.56. The zero-order valence-corrected chi connectivity index (χ0v) is 16.8. The topological polar surface area (TPSA) is 52.9 Å². The molecule has 0 amide bonds. The molecule has 0 radical (unpaired) electrons. The molecule has 1 aliphatic heterocycles. The van der Waals surface area contributed by atoms with Crippen molar-refractivity contribution in [2.24, 2.45) is 4.99 Å². The van der Waals surface area contributed by atoms with Crippen molar-refractivity contribution in [1.82, 2.24) is 19.7 Å². The van der Waals surface area contributed by atoms with Crippen molar-refractivity contribution in [3.05, 3.63) is 34.2 Å². The Labute approximate surface area is 164 Å². The van der Waals surface area contributed by atoms with E-state index in [1.807, 2.05) is 17.9 Å². The number of alkyl halides is 3. The van der Waals surface area contributed by atoms with E-state index in [4.69, 9.17) is 0 Å². The Bertz CT molecular complexity index is 708. The Hall–Kier alpha value is -2.03. The van der Waals surface area contributed by atoms with E-state index in [0.29, 0.717) is 45.2 Å². The maximum atomic E-state index is 12.9. The van der Waals surface area contributed by atoms with E-state index in [0.717, 1.165) is 18.5 Å². The summed E-state index contributed by atoms with van der Waals surface area (Å²) in [7, 11) is 1.68. The molecule has 0 bridgehead atoms. The van der Waals surface area contributed by atoms with E-state index in [1.54, 1.807) is 23.7 Å². The first-order chi connectivity index (χ1) is 13.2. The summed E-state index contributed by atoms with van der Waals surface area (Å²) in [5.41, 5.74) is 0.956. The van der Waals surface area contributed by atoms with Gasteiger partial charge in [-0.1, -0.05) is 6.07 Å². The molecule has 9 heteroatoms. The van der Waals surface area contributed by atoms with E-state index in [2.05, 4.69) is 10.3 Å². The molecule has 0 aliphatic carbocycles. The first-order valence-electron chi connectivity index (χ1n) is 9.67. The van der Waals surface area contributed by atoms with Crippen molar-refractivity contribution in [1.29, 1.82) is 0 Å². The molecule has 6 nitrogen and oxygen atoms in total. The average molecular weight is 401 g/mol. The predicted octanol–water partition coefficient (Wildman–Crippen LogP) is 2.08. The summed E-state index contributed by atoms with van der Waals surface area (Å²) in [6.07, 6.45) is -2.47. The quantitative estimate of drug-likeness (QED) is 0.451. The molecule has 0 aromatic carbocycles. The van der Waals surface area contributed by atoms with Gasteiger partial charge in [-0.05, 0) is 32.8 Å². The lowest BCUT2D eigenvalue weighted by molar-refractivity contribution is -0.181. The minimum atomic E-state index is -4.19. The van der Waals surface area contributed by atoms with Crippen LogP contribution in [0, 0.1) is 6.92 Å². The number of aliphatic imine (C=N–C) groups is 1. The molecule has 1 unspecified atom stereocenters. The second-order valence-electron chi connectivity index (χ2n) is 7.08. The number of nitrogens with zero attached hydrogens (tertiary/aromatic N) is 4. The maximum absolute atomic E-state index is 12.9. The van der Waals surface area contributed by atoms with Crippen LogP contribution in [0.25, 0.3) is 0 Å². The summed E-state index contributed by atoms with van der Waals surface area (Å²) >= 11 is 0. The van der Waals surface area contributed by atoms with Crippen molar-refractivity contribution in [2.75, 3.05) is 39.8 Å². The fraction of sp³-hybridized carbons (Fsp3) is 0.684. The summed E-state index contributed by atoms with van der Waals surface area (Å²) in [5.74, 6) is 0.715. The predicted molar refractivity (Wildman–Crippen MR) is 105 cm³/mol. The second kappa shape index (κ2) is 9.95. The van der Waals surface area contributed by atoms with Crippen LogP contribution in [0.15, 0.2) is 28.0 Å². The Morgan fingerprint density at radius 2 is 1.89 bits per heavy atom. The highest BCUT2D eigenvalue weighted by molar-refractivity contribution is 5.79. The molecule has 1 aromatic heterocycles. The smallest absolute Gasteiger partial charge is 0.356 e. The summed E-state index contributed by atoms with van der Waals surface area (Å²) < 4.78 is 40.3. The molecule has 1 aromatic rings. The van der Waals surface area contributed by atoms with E-state index < -0.39 is 12.2 Å². The molecule has 28 heavy (non-hydrogen) atoms. The molecular weight excluding hydrogens is 371 g/mol. The molecule has 0 spiro atoms. The number of aryl methyl sites for hydroxylation is 1. The van der Waals surface area contributed by atoms with Crippen LogP contribution in [-0.2, 0) is 6.54 Å². The molecule has 1 aliphatic rings. The minimum absolute atomic E-state index is 0.00900. The molecule has 2 rings (SSSR count). The van der Waals surface area contributed by atoms with Crippen molar-refractivity contribution >= 4 is 5.96 Å². The van der Waals surface area contributed by atoms with E-state index in [-0.39, 0.29) is 5.56 Å². The minimum Gasteiger partial charge on any atom is -0.356 e. The van der Waals surface area contributed by atoms with Crippen LogP contribution in [0.3, 0.4) is 0 Å². The van der Waals surface area contributed by atoms with E-state index in [9.17, 15) is 18.0 Å². The SMILES string of the molecule is CN=C(NCCCCn1c(C)cccc1=O)N1CCN(C(C)C(F)(F)F)CC1. The van der Waals surface area contributed by atoms with E-state index >= 15 is 0 Å². The highest BCUT2D eigenvalue weighted by Crippen LogP contribution is 2.25. The summed E-state index contributed by atoms with van der Waals surface area (Å²) in [4.78, 5) is 19.6. The van der Waals surface area contributed by atoms with Crippen molar-refractivity contribution in [2.45, 2.75) is 45.5 Å². The van der Waals surface area contributed by atoms with Gasteiger partial charge in [-0.3, -0.25) is 14.7 Å². The van der Waals surface area contributed by atoms with Gasteiger partial charge in [0.15, 0.2) is 5.96 Å². The number of unbranched alkanes of at least 4 members (excludes halogenated alkanes) is 1. The molecule has 1 atom stereocenters. The van der Waals surface area contributed by atoms with Crippen LogP contribution in [0.4, 0.5) is 13.2 Å². The standard InChI is InChI=1S/C19H30F3N5O/c1-15-7-6-8-17(28)27(15)10-5-4-9-24-18(23-3)26-13-11-25(12-14-26)16(2)19(20,21)22/h6-8,16H,4-5,9-14H2,1-3H3,(H,23,24). The lowest BCUT2D eigenvalue weighted by Gasteiger charge is -2.39. The first kappa shape index (κ1) is 22.3. The number of pyridine rings is 1. The largest absolute Gasteiger partial charge is 0.403 e. The van der Waals surface area contributed by atoms with Crippen LogP contribution >= 0.6 is 0 Å². The third-order valence-corrected chi connectivity index (χ3v) is 5.21. The summed E-state index contributed by atoms with van der Waals surface area (Å²) in [6, 6.07) is 3.82. The van der Waals surface area contributed by atoms with Gasteiger partial charge < -0.3 is 14.8 Å². The average Bonchev–Trinajstić information content (AvgIpc) is 2.65. The van der Waals surface area contributed by atoms with Gasteiger partial charge in [0, 0.05) is 58.1 Å². The number of nitrogens with one attached hydrogen (secondary N) is 1. The Morgan fingerprint density at radius 3 is 2.46 bits per heavy atom. The number of hydrogen-bond donors (Lipinski definition) is 1.